The van der Waals surface area contributed by atoms with Crippen molar-refractivity contribution in [2.45, 2.75) is 65.0 Å². The van der Waals surface area contributed by atoms with Crippen molar-refractivity contribution < 1.29 is 14.3 Å². The summed E-state index contributed by atoms with van der Waals surface area (Å²) in [5.74, 6) is -0.290. The summed E-state index contributed by atoms with van der Waals surface area (Å²) in [5.41, 5.74) is 0.493. The molecule has 5 heteroatoms. The number of esters is 1. The van der Waals surface area contributed by atoms with E-state index in [1.807, 2.05) is 56.0 Å². The van der Waals surface area contributed by atoms with Crippen LogP contribution in [0.4, 0.5) is 0 Å². The van der Waals surface area contributed by atoms with Crippen molar-refractivity contribution in [3.05, 3.63) is 35.9 Å². The lowest BCUT2D eigenvalue weighted by molar-refractivity contribution is -0.155. The molecule has 0 bridgehead atoms. The average Bonchev–Trinajstić information content (AvgIpc) is 2.60. The van der Waals surface area contributed by atoms with Gasteiger partial charge in [0, 0.05) is 44.6 Å². The number of carbonyl (C=O) groups is 2. The number of hydrogen-bond acceptors (Lipinski definition) is 4. The third-order valence-electron chi connectivity index (χ3n) is 4.92. The third kappa shape index (κ3) is 6.98. The smallest absolute Gasteiger partial charge is 0.306 e. The molecule has 1 aromatic rings. The van der Waals surface area contributed by atoms with Crippen molar-refractivity contribution in [2.24, 2.45) is 0 Å². The predicted molar refractivity (Wildman–Crippen MR) is 108 cm³/mol. The van der Waals surface area contributed by atoms with Crippen LogP contribution in [0.15, 0.2) is 30.3 Å². The van der Waals surface area contributed by atoms with Crippen molar-refractivity contribution in [1.82, 2.24) is 9.80 Å². The summed E-state index contributed by atoms with van der Waals surface area (Å²) in [6, 6.07) is 10.3. The summed E-state index contributed by atoms with van der Waals surface area (Å²) >= 11 is 0. The highest BCUT2D eigenvalue weighted by atomic mass is 16.6. The predicted octanol–water partition coefficient (Wildman–Crippen LogP) is 3.44. The van der Waals surface area contributed by atoms with Gasteiger partial charge in [-0.05, 0) is 40.2 Å². The van der Waals surface area contributed by atoms with Gasteiger partial charge in [0.1, 0.15) is 5.60 Å². The van der Waals surface area contributed by atoms with Crippen LogP contribution < -0.4 is 0 Å². The summed E-state index contributed by atoms with van der Waals surface area (Å²) in [7, 11) is 0. The Kier molecular flexibility index (Phi) is 7.42. The summed E-state index contributed by atoms with van der Waals surface area (Å²) in [6.45, 7) is 13.3. The van der Waals surface area contributed by atoms with E-state index in [9.17, 15) is 9.59 Å². The maximum atomic E-state index is 12.9. The van der Waals surface area contributed by atoms with E-state index < -0.39 is 5.60 Å². The molecule has 1 heterocycles. The van der Waals surface area contributed by atoms with Gasteiger partial charge in [-0.1, -0.05) is 30.3 Å². The second-order valence-corrected chi connectivity index (χ2v) is 8.61. The highest BCUT2D eigenvalue weighted by Gasteiger charge is 2.27. The van der Waals surface area contributed by atoms with Gasteiger partial charge in [0.15, 0.2) is 0 Å². The van der Waals surface area contributed by atoms with Crippen LogP contribution in [0, 0.1) is 0 Å². The maximum absolute atomic E-state index is 12.9. The topological polar surface area (TPSA) is 49.9 Å². The van der Waals surface area contributed by atoms with E-state index in [2.05, 4.69) is 18.7 Å². The molecule has 2 rings (SSSR count). The number of carbonyl (C=O) groups excluding carboxylic acids is 2. The fourth-order valence-electron chi connectivity index (χ4n) is 3.45. The Morgan fingerprint density at radius 2 is 1.59 bits per heavy atom. The Labute approximate surface area is 163 Å². The SMILES string of the molecule is CC(C)N1CCN(C(=O)CC(CC(=O)OC(C)(C)C)c2ccccc2)CC1. The van der Waals surface area contributed by atoms with Gasteiger partial charge in [0.25, 0.3) is 0 Å². The van der Waals surface area contributed by atoms with Crippen molar-refractivity contribution in [3.8, 4) is 0 Å². The normalized spacial score (nSPS) is 17.0. The quantitative estimate of drug-likeness (QED) is 0.716. The van der Waals surface area contributed by atoms with E-state index >= 15 is 0 Å². The van der Waals surface area contributed by atoms with Gasteiger partial charge >= 0.3 is 5.97 Å². The number of hydrogen-bond donors (Lipinski definition) is 0. The molecule has 27 heavy (non-hydrogen) atoms. The van der Waals surface area contributed by atoms with Gasteiger partial charge in [0.2, 0.25) is 5.91 Å². The number of rotatable bonds is 6. The van der Waals surface area contributed by atoms with Gasteiger partial charge in [-0.3, -0.25) is 14.5 Å². The molecule has 1 aliphatic rings. The molecule has 0 N–H and O–H groups in total. The minimum absolute atomic E-state index is 0.121. The van der Waals surface area contributed by atoms with Crippen LogP contribution in [-0.2, 0) is 14.3 Å². The van der Waals surface area contributed by atoms with Gasteiger partial charge in [-0.15, -0.1) is 0 Å². The van der Waals surface area contributed by atoms with Crippen LogP contribution >= 0.6 is 0 Å². The highest BCUT2D eigenvalue weighted by Crippen LogP contribution is 2.26. The number of benzene rings is 1. The van der Waals surface area contributed by atoms with E-state index in [1.165, 1.54) is 0 Å². The fourth-order valence-corrected chi connectivity index (χ4v) is 3.45. The summed E-state index contributed by atoms with van der Waals surface area (Å²) in [4.78, 5) is 29.6. The van der Waals surface area contributed by atoms with Crippen molar-refractivity contribution >= 4 is 11.9 Å². The van der Waals surface area contributed by atoms with E-state index in [1.54, 1.807) is 0 Å². The Morgan fingerprint density at radius 3 is 2.11 bits per heavy atom. The molecule has 1 aromatic carbocycles. The second-order valence-electron chi connectivity index (χ2n) is 8.61. The molecule has 0 aromatic heterocycles. The zero-order valence-corrected chi connectivity index (χ0v) is 17.4. The lowest BCUT2D eigenvalue weighted by Crippen LogP contribution is -2.50. The van der Waals surface area contributed by atoms with E-state index in [0.29, 0.717) is 12.5 Å². The molecule has 1 aliphatic heterocycles. The monoisotopic (exact) mass is 374 g/mol. The minimum atomic E-state index is -0.518. The first kappa shape index (κ1) is 21.4. The van der Waals surface area contributed by atoms with Crippen LogP contribution in [0.25, 0.3) is 0 Å². The molecule has 1 atom stereocenters. The molecule has 0 spiro atoms. The molecule has 1 saturated heterocycles. The first-order chi connectivity index (χ1) is 12.7. The average molecular weight is 375 g/mol. The molecule has 1 amide bonds. The van der Waals surface area contributed by atoms with E-state index in [0.717, 1.165) is 31.7 Å². The fraction of sp³-hybridized carbons (Fsp3) is 0.636. The first-order valence-corrected chi connectivity index (χ1v) is 9.94. The van der Waals surface area contributed by atoms with Crippen molar-refractivity contribution in [1.29, 1.82) is 0 Å². The lowest BCUT2D eigenvalue weighted by atomic mass is 9.91. The molecule has 0 saturated carbocycles. The maximum Gasteiger partial charge on any atom is 0.306 e. The zero-order chi connectivity index (χ0) is 20.0. The number of amides is 1. The third-order valence-corrected chi connectivity index (χ3v) is 4.92. The molecular weight excluding hydrogens is 340 g/mol. The molecule has 0 radical (unpaired) electrons. The molecule has 1 unspecified atom stereocenters. The number of piperazine rings is 1. The van der Waals surface area contributed by atoms with Crippen LogP contribution in [-0.4, -0.2) is 59.5 Å². The lowest BCUT2D eigenvalue weighted by Gasteiger charge is -2.37. The zero-order valence-electron chi connectivity index (χ0n) is 17.4. The Bertz CT molecular complexity index is 614. The minimum Gasteiger partial charge on any atom is -0.460 e. The second kappa shape index (κ2) is 9.36. The summed E-state index contributed by atoms with van der Waals surface area (Å²) < 4.78 is 5.49. The van der Waals surface area contributed by atoms with Crippen LogP contribution in [0.5, 0.6) is 0 Å². The van der Waals surface area contributed by atoms with E-state index in [-0.39, 0.29) is 24.2 Å². The highest BCUT2D eigenvalue weighted by molar-refractivity contribution is 5.79. The van der Waals surface area contributed by atoms with Crippen molar-refractivity contribution in [3.63, 3.8) is 0 Å². The Hall–Kier alpha value is -1.88. The Balaban J connectivity index is 2.02. The summed E-state index contributed by atoms with van der Waals surface area (Å²) in [6.07, 6.45) is 0.559. The van der Waals surface area contributed by atoms with Gasteiger partial charge in [-0.2, -0.15) is 0 Å². The van der Waals surface area contributed by atoms with Crippen molar-refractivity contribution in [2.75, 3.05) is 26.2 Å². The largest absolute Gasteiger partial charge is 0.460 e. The van der Waals surface area contributed by atoms with Crippen LogP contribution in [0.1, 0.15) is 58.9 Å². The standard InChI is InChI=1S/C22H34N2O3/c1-17(2)23-11-13-24(14-12-23)20(25)15-19(18-9-7-6-8-10-18)16-21(26)27-22(3,4)5/h6-10,17,19H,11-16H2,1-5H3. The molecule has 1 fully saturated rings. The van der Waals surface area contributed by atoms with Crippen LogP contribution in [0.3, 0.4) is 0 Å². The van der Waals surface area contributed by atoms with Gasteiger partial charge < -0.3 is 9.64 Å². The summed E-state index contributed by atoms with van der Waals surface area (Å²) in [5, 5.41) is 0. The Morgan fingerprint density at radius 1 is 1.00 bits per heavy atom. The van der Waals surface area contributed by atoms with Gasteiger partial charge in [-0.25, -0.2) is 0 Å². The molecular formula is C22H34N2O3. The van der Waals surface area contributed by atoms with Crippen LogP contribution in [0.2, 0.25) is 0 Å². The van der Waals surface area contributed by atoms with Gasteiger partial charge in [0.05, 0.1) is 6.42 Å². The van der Waals surface area contributed by atoms with E-state index in [4.69, 9.17) is 4.74 Å². The molecule has 5 nitrogen and oxygen atoms in total. The number of nitrogens with zero attached hydrogens (tertiary/aromatic N) is 2. The molecule has 0 aliphatic carbocycles. The first-order valence-electron chi connectivity index (χ1n) is 9.94. The number of ether oxygens (including phenoxy) is 1. The molecule has 150 valence electrons.